The van der Waals surface area contributed by atoms with Crippen molar-refractivity contribution >= 4 is 22.7 Å². The summed E-state index contributed by atoms with van der Waals surface area (Å²) in [5.74, 6) is 0. The Kier molecular flexibility index (Phi) is 2.60. The first-order valence-electron chi connectivity index (χ1n) is 6.57. The number of fused-ring (bicyclic) bond motifs is 2. The maximum absolute atomic E-state index is 3.54. The van der Waals surface area contributed by atoms with Gasteiger partial charge in [0.15, 0.2) is 11.4 Å². The average molecular weight is 239 g/mol. The largest absolute Gasteiger partial charge is 0.346 e. The lowest BCUT2D eigenvalue weighted by molar-refractivity contribution is 0.453. The summed E-state index contributed by atoms with van der Waals surface area (Å²) in [5, 5.41) is 3.54. The molecule has 0 radical (unpaired) electrons. The number of benzene rings is 2. The van der Waals surface area contributed by atoms with E-state index < -0.39 is 0 Å². The second kappa shape index (κ2) is 4.14. The monoisotopic (exact) mass is 239 g/mol. The molecule has 0 bridgehead atoms. The molecule has 2 heteroatoms. The molecular formula is C16H19N2+. The Bertz CT molecular complexity index is 529. The molecule has 92 valence electrons. The smallest absolute Gasteiger partial charge is 0.161 e. The van der Waals surface area contributed by atoms with Gasteiger partial charge in [0.25, 0.3) is 0 Å². The van der Waals surface area contributed by atoms with Gasteiger partial charge >= 0.3 is 0 Å². The van der Waals surface area contributed by atoms with Crippen molar-refractivity contribution in [2.24, 2.45) is 0 Å². The van der Waals surface area contributed by atoms with Gasteiger partial charge in [-0.15, -0.1) is 0 Å². The quantitative estimate of drug-likeness (QED) is 0.765. The number of rotatable bonds is 2. The Labute approximate surface area is 108 Å². The van der Waals surface area contributed by atoms with Crippen molar-refractivity contribution < 1.29 is 0 Å². The summed E-state index contributed by atoms with van der Waals surface area (Å²) in [6.45, 7) is 3.37. The third-order valence-corrected chi connectivity index (χ3v) is 3.81. The maximum Gasteiger partial charge on any atom is 0.161 e. The zero-order chi connectivity index (χ0) is 12.6. The molecule has 1 aliphatic rings. The van der Waals surface area contributed by atoms with Crippen molar-refractivity contribution in [3.8, 4) is 0 Å². The van der Waals surface area contributed by atoms with Crippen molar-refractivity contribution in [1.29, 1.82) is 0 Å². The second-order valence-electron chi connectivity index (χ2n) is 5.07. The molecule has 0 saturated carbocycles. The minimum absolute atomic E-state index is 0.885. The number of hydrogen-bond donors (Lipinski definition) is 1. The van der Waals surface area contributed by atoms with Crippen LogP contribution in [0.4, 0.5) is 22.7 Å². The first kappa shape index (κ1) is 11.3. The summed E-state index contributed by atoms with van der Waals surface area (Å²) in [6.07, 6.45) is 1.17. The van der Waals surface area contributed by atoms with Gasteiger partial charge in [-0.2, -0.15) is 0 Å². The minimum atomic E-state index is 0.885. The van der Waals surface area contributed by atoms with E-state index in [4.69, 9.17) is 0 Å². The highest BCUT2D eigenvalue weighted by atomic mass is 15.4. The maximum atomic E-state index is 3.54. The SMILES string of the molecule is CCC[N+]1(C)c2ccccc2Nc2ccccc21. The van der Waals surface area contributed by atoms with Crippen LogP contribution in [0.1, 0.15) is 13.3 Å². The molecule has 2 aromatic carbocycles. The number of hydrogen-bond acceptors (Lipinski definition) is 1. The Morgan fingerprint density at radius 1 is 0.889 bits per heavy atom. The number of para-hydroxylation sites is 4. The number of anilines is 2. The fraction of sp³-hybridized carbons (Fsp3) is 0.250. The van der Waals surface area contributed by atoms with Crippen LogP contribution in [0.25, 0.3) is 0 Å². The summed E-state index contributed by atoms with van der Waals surface area (Å²) in [6, 6.07) is 17.2. The molecule has 1 N–H and O–H groups in total. The predicted molar refractivity (Wildman–Crippen MR) is 78.7 cm³/mol. The van der Waals surface area contributed by atoms with Gasteiger partial charge in [0.1, 0.15) is 11.4 Å². The topological polar surface area (TPSA) is 12.0 Å². The highest BCUT2D eigenvalue weighted by Crippen LogP contribution is 2.47. The molecule has 0 saturated heterocycles. The highest BCUT2D eigenvalue weighted by Gasteiger charge is 2.35. The number of nitrogens with zero attached hydrogens (tertiary/aromatic N) is 1. The van der Waals surface area contributed by atoms with Crippen LogP contribution >= 0.6 is 0 Å². The molecule has 2 nitrogen and oxygen atoms in total. The molecule has 18 heavy (non-hydrogen) atoms. The molecule has 0 atom stereocenters. The van der Waals surface area contributed by atoms with Crippen LogP contribution in [0.3, 0.4) is 0 Å². The van der Waals surface area contributed by atoms with E-state index >= 15 is 0 Å². The summed E-state index contributed by atoms with van der Waals surface area (Å²) in [4.78, 5) is 0. The van der Waals surface area contributed by atoms with Crippen molar-refractivity contribution in [2.45, 2.75) is 13.3 Å². The van der Waals surface area contributed by atoms with Crippen LogP contribution < -0.4 is 9.80 Å². The van der Waals surface area contributed by atoms with Gasteiger partial charge < -0.3 is 5.32 Å². The van der Waals surface area contributed by atoms with Crippen LogP contribution in [0.5, 0.6) is 0 Å². The fourth-order valence-corrected chi connectivity index (χ4v) is 2.98. The van der Waals surface area contributed by atoms with Gasteiger partial charge in [-0.05, 0) is 18.6 Å². The molecule has 1 aliphatic heterocycles. The van der Waals surface area contributed by atoms with Crippen molar-refractivity contribution in [1.82, 2.24) is 4.48 Å². The molecule has 0 aliphatic carbocycles. The van der Waals surface area contributed by atoms with Crippen LogP contribution in [0.2, 0.25) is 0 Å². The Hall–Kier alpha value is -1.80. The van der Waals surface area contributed by atoms with E-state index in [-0.39, 0.29) is 0 Å². The molecule has 0 spiro atoms. The summed E-state index contributed by atoms with van der Waals surface area (Å²) in [5.41, 5.74) is 5.18. The van der Waals surface area contributed by atoms with E-state index in [9.17, 15) is 0 Å². The molecular weight excluding hydrogens is 220 g/mol. The zero-order valence-electron chi connectivity index (χ0n) is 11.0. The fourth-order valence-electron chi connectivity index (χ4n) is 2.98. The Morgan fingerprint density at radius 2 is 1.39 bits per heavy atom. The Balaban J connectivity index is 2.24. The van der Waals surface area contributed by atoms with Crippen molar-refractivity contribution in [3.63, 3.8) is 0 Å². The average Bonchev–Trinajstić information content (AvgIpc) is 2.40. The van der Waals surface area contributed by atoms with E-state index in [1.807, 2.05) is 0 Å². The van der Waals surface area contributed by atoms with Gasteiger partial charge in [-0.25, -0.2) is 0 Å². The highest BCUT2D eigenvalue weighted by molar-refractivity contribution is 5.88. The van der Waals surface area contributed by atoms with E-state index in [2.05, 4.69) is 67.8 Å². The lowest BCUT2D eigenvalue weighted by atomic mass is 10.1. The van der Waals surface area contributed by atoms with E-state index in [1.54, 1.807) is 0 Å². The summed E-state index contributed by atoms with van der Waals surface area (Å²) in [7, 11) is 2.31. The zero-order valence-corrected chi connectivity index (χ0v) is 11.0. The normalized spacial score (nSPS) is 15.4. The minimum Gasteiger partial charge on any atom is -0.346 e. The van der Waals surface area contributed by atoms with Crippen LogP contribution in [-0.4, -0.2) is 13.6 Å². The Morgan fingerprint density at radius 3 is 1.89 bits per heavy atom. The number of nitrogens with one attached hydrogen (secondary N) is 1. The molecule has 0 aromatic heterocycles. The van der Waals surface area contributed by atoms with Gasteiger partial charge in [0, 0.05) is 12.1 Å². The summed E-state index contributed by atoms with van der Waals surface area (Å²) < 4.78 is 0.885. The molecule has 0 amide bonds. The predicted octanol–water partition coefficient (Wildman–Crippen LogP) is 4.42. The molecule has 3 rings (SSSR count). The lowest BCUT2D eigenvalue weighted by Gasteiger charge is -2.39. The van der Waals surface area contributed by atoms with Gasteiger partial charge in [-0.1, -0.05) is 31.2 Å². The van der Waals surface area contributed by atoms with Crippen molar-refractivity contribution in [3.05, 3.63) is 48.5 Å². The molecule has 0 unspecified atom stereocenters. The van der Waals surface area contributed by atoms with E-state index in [0.29, 0.717) is 0 Å². The first-order chi connectivity index (χ1) is 8.75. The van der Waals surface area contributed by atoms with Crippen LogP contribution in [0, 0.1) is 0 Å². The second-order valence-corrected chi connectivity index (χ2v) is 5.07. The van der Waals surface area contributed by atoms with Crippen LogP contribution in [-0.2, 0) is 0 Å². The van der Waals surface area contributed by atoms with Gasteiger partial charge in [0.05, 0.1) is 13.6 Å². The summed E-state index contributed by atoms with van der Waals surface area (Å²) >= 11 is 0. The van der Waals surface area contributed by atoms with Crippen molar-refractivity contribution in [2.75, 3.05) is 18.9 Å². The third kappa shape index (κ3) is 1.53. The molecule has 0 fully saturated rings. The van der Waals surface area contributed by atoms with E-state index in [1.165, 1.54) is 29.2 Å². The van der Waals surface area contributed by atoms with Crippen LogP contribution in [0.15, 0.2) is 48.5 Å². The van der Waals surface area contributed by atoms with Gasteiger partial charge in [-0.3, -0.25) is 4.48 Å². The molecule has 2 aromatic rings. The first-order valence-corrected chi connectivity index (χ1v) is 6.57. The lowest BCUT2D eigenvalue weighted by Crippen LogP contribution is -2.42. The molecule has 1 heterocycles. The third-order valence-electron chi connectivity index (χ3n) is 3.81. The standard InChI is InChI=1S/C16H19N2/c1-3-12-18(2)15-10-6-4-8-13(15)17-14-9-5-7-11-16(14)18/h4-11,17H,3,12H2,1-2H3/q+1. The van der Waals surface area contributed by atoms with E-state index in [0.717, 1.165) is 11.0 Å². The number of quaternary nitrogens is 1. The van der Waals surface area contributed by atoms with Gasteiger partial charge in [0.2, 0.25) is 0 Å².